The van der Waals surface area contributed by atoms with E-state index < -0.39 is 5.97 Å². The van der Waals surface area contributed by atoms with Crippen molar-refractivity contribution in [2.24, 2.45) is 5.92 Å². The molecule has 1 aliphatic rings. The van der Waals surface area contributed by atoms with E-state index in [4.69, 9.17) is 4.74 Å². The lowest BCUT2D eigenvalue weighted by Crippen LogP contribution is -2.45. The summed E-state index contributed by atoms with van der Waals surface area (Å²) < 4.78 is 5.19. The second-order valence-corrected chi connectivity index (χ2v) is 8.57. The van der Waals surface area contributed by atoms with Crippen LogP contribution in [0.25, 0.3) is 0 Å². The van der Waals surface area contributed by atoms with Gasteiger partial charge < -0.3 is 15.0 Å². The Labute approximate surface area is 171 Å². The summed E-state index contributed by atoms with van der Waals surface area (Å²) in [5.74, 6) is -0.222. The first kappa shape index (κ1) is 22.4. The molecule has 1 aliphatic heterocycles. The molecule has 0 saturated carbocycles. The van der Waals surface area contributed by atoms with Gasteiger partial charge in [0.25, 0.3) is 0 Å². The molecule has 0 bridgehead atoms. The fourth-order valence-electron chi connectivity index (χ4n) is 3.45. The Morgan fingerprint density at radius 2 is 2.07 bits per heavy atom. The van der Waals surface area contributed by atoms with Crippen molar-refractivity contribution < 1.29 is 19.1 Å². The van der Waals surface area contributed by atoms with Crippen molar-refractivity contribution in [2.75, 3.05) is 39.1 Å². The maximum Gasteiger partial charge on any atom is 0.341 e. The second kappa shape index (κ2) is 10.0. The van der Waals surface area contributed by atoms with E-state index in [-0.39, 0.29) is 31.0 Å². The van der Waals surface area contributed by atoms with Crippen LogP contribution in [-0.2, 0) is 20.7 Å². The van der Waals surface area contributed by atoms with Crippen LogP contribution < -0.4 is 5.32 Å². The van der Waals surface area contributed by atoms with Crippen molar-refractivity contribution in [3.63, 3.8) is 0 Å². The fraction of sp³-hybridized carbons (Fsp3) is 0.650. The van der Waals surface area contributed by atoms with E-state index in [2.05, 4.69) is 19.2 Å². The van der Waals surface area contributed by atoms with Crippen LogP contribution in [0.4, 0.5) is 5.00 Å². The molecule has 156 valence electrons. The number of thiophene rings is 1. The highest BCUT2D eigenvalue weighted by Gasteiger charge is 2.33. The van der Waals surface area contributed by atoms with Gasteiger partial charge in [-0.1, -0.05) is 13.8 Å². The third-order valence-corrected chi connectivity index (χ3v) is 5.61. The van der Waals surface area contributed by atoms with Crippen LogP contribution >= 0.6 is 11.3 Å². The molecule has 1 fully saturated rings. The average Bonchev–Trinajstić information content (AvgIpc) is 3.21. The van der Waals surface area contributed by atoms with Gasteiger partial charge in [0.15, 0.2) is 0 Å². The smallest absolute Gasteiger partial charge is 0.341 e. The molecule has 0 aromatic carbocycles. The van der Waals surface area contributed by atoms with E-state index in [1.54, 1.807) is 25.9 Å². The third kappa shape index (κ3) is 5.54. The molecule has 1 unspecified atom stereocenters. The molecule has 2 amide bonds. The van der Waals surface area contributed by atoms with E-state index in [1.807, 2.05) is 10.3 Å². The normalized spacial score (nSPS) is 17.0. The lowest BCUT2D eigenvalue weighted by Gasteiger charge is -2.25. The number of anilines is 1. The Morgan fingerprint density at radius 3 is 2.68 bits per heavy atom. The van der Waals surface area contributed by atoms with Crippen molar-refractivity contribution in [3.05, 3.63) is 16.5 Å². The topological polar surface area (TPSA) is 79.0 Å². The molecular formula is C20H31N3O4S. The van der Waals surface area contributed by atoms with Gasteiger partial charge in [-0.3, -0.25) is 14.5 Å². The fourth-order valence-corrected chi connectivity index (χ4v) is 4.43. The van der Waals surface area contributed by atoms with Crippen molar-refractivity contribution in [1.82, 2.24) is 9.80 Å². The molecule has 1 aromatic heterocycles. The predicted molar refractivity (Wildman–Crippen MR) is 111 cm³/mol. The largest absolute Gasteiger partial charge is 0.462 e. The van der Waals surface area contributed by atoms with Gasteiger partial charge >= 0.3 is 5.97 Å². The Morgan fingerprint density at radius 1 is 1.36 bits per heavy atom. The van der Waals surface area contributed by atoms with Gasteiger partial charge in [0.05, 0.1) is 24.8 Å². The maximum absolute atomic E-state index is 12.6. The Bertz CT molecular complexity index is 714. The van der Waals surface area contributed by atoms with Gasteiger partial charge in [-0.05, 0) is 49.6 Å². The molecular weight excluding hydrogens is 378 g/mol. The number of hydrogen-bond acceptors (Lipinski definition) is 6. The first-order valence-corrected chi connectivity index (χ1v) is 10.6. The number of likely N-dealkylation sites (N-methyl/N-ethyl adjacent to an activating group) is 1. The lowest BCUT2D eigenvalue weighted by atomic mass is 10.0. The Hall–Kier alpha value is -1.93. The van der Waals surface area contributed by atoms with Gasteiger partial charge in [0.2, 0.25) is 11.8 Å². The van der Waals surface area contributed by atoms with Gasteiger partial charge in [-0.15, -0.1) is 11.3 Å². The highest BCUT2D eigenvalue weighted by molar-refractivity contribution is 7.15. The minimum Gasteiger partial charge on any atom is -0.462 e. The van der Waals surface area contributed by atoms with Crippen LogP contribution in [0, 0.1) is 5.92 Å². The van der Waals surface area contributed by atoms with E-state index in [0.717, 1.165) is 24.8 Å². The third-order valence-electron chi connectivity index (χ3n) is 4.66. The number of amides is 2. The van der Waals surface area contributed by atoms with Crippen LogP contribution in [0.5, 0.6) is 0 Å². The Balaban J connectivity index is 2.11. The van der Waals surface area contributed by atoms with E-state index >= 15 is 0 Å². The van der Waals surface area contributed by atoms with Gasteiger partial charge in [-0.25, -0.2) is 4.79 Å². The SMILES string of the molecule is CCOC(=O)c1c(CC(C)C)csc1NC(=O)CN1CCCC1C(=O)N(C)C. The first-order valence-electron chi connectivity index (χ1n) is 9.77. The number of esters is 1. The van der Waals surface area contributed by atoms with Gasteiger partial charge in [0, 0.05) is 14.1 Å². The molecule has 7 nitrogen and oxygen atoms in total. The molecule has 8 heteroatoms. The molecule has 0 aliphatic carbocycles. The summed E-state index contributed by atoms with van der Waals surface area (Å²) in [5, 5.41) is 5.31. The van der Waals surface area contributed by atoms with Crippen LogP contribution in [0.3, 0.4) is 0 Å². The summed E-state index contributed by atoms with van der Waals surface area (Å²) in [5.41, 5.74) is 1.35. The summed E-state index contributed by atoms with van der Waals surface area (Å²) in [4.78, 5) is 40.9. The van der Waals surface area contributed by atoms with E-state index in [0.29, 0.717) is 23.0 Å². The van der Waals surface area contributed by atoms with Crippen molar-refractivity contribution in [3.8, 4) is 0 Å². The Kier molecular flexibility index (Phi) is 8.00. The van der Waals surface area contributed by atoms with Crippen molar-refractivity contribution in [2.45, 2.75) is 46.1 Å². The molecule has 1 atom stereocenters. The van der Waals surface area contributed by atoms with Crippen molar-refractivity contribution in [1.29, 1.82) is 0 Å². The molecule has 0 spiro atoms. The summed E-state index contributed by atoms with van der Waals surface area (Å²) in [6.45, 7) is 7.06. The highest BCUT2D eigenvalue weighted by atomic mass is 32.1. The molecule has 1 saturated heterocycles. The monoisotopic (exact) mass is 409 g/mol. The molecule has 2 rings (SSSR count). The minimum absolute atomic E-state index is 0.0212. The van der Waals surface area contributed by atoms with Crippen LogP contribution in [0.1, 0.15) is 49.5 Å². The van der Waals surface area contributed by atoms with E-state index in [1.165, 1.54) is 11.3 Å². The number of ether oxygens (including phenoxy) is 1. The van der Waals surface area contributed by atoms with Gasteiger partial charge in [-0.2, -0.15) is 0 Å². The minimum atomic E-state index is -0.406. The van der Waals surface area contributed by atoms with Crippen molar-refractivity contribution >= 4 is 34.1 Å². The maximum atomic E-state index is 12.6. The lowest BCUT2D eigenvalue weighted by molar-refractivity contribution is -0.133. The molecule has 2 heterocycles. The molecule has 28 heavy (non-hydrogen) atoms. The highest BCUT2D eigenvalue weighted by Crippen LogP contribution is 2.31. The van der Waals surface area contributed by atoms with Crippen LogP contribution in [-0.4, -0.2) is 67.4 Å². The molecule has 1 aromatic rings. The zero-order chi connectivity index (χ0) is 20.8. The van der Waals surface area contributed by atoms with E-state index in [9.17, 15) is 14.4 Å². The summed E-state index contributed by atoms with van der Waals surface area (Å²) >= 11 is 1.34. The summed E-state index contributed by atoms with van der Waals surface area (Å²) in [6.07, 6.45) is 2.39. The number of likely N-dealkylation sites (tertiary alicyclic amines) is 1. The van der Waals surface area contributed by atoms with Gasteiger partial charge in [0.1, 0.15) is 5.00 Å². The van der Waals surface area contributed by atoms with Crippen LogP contribution in [0.15, 0.2) is 5.38 Å². The standard InChI is InChI=1S/C20H31N3O4S/c1-6-27-20(26)17-14(10-13(2)3)12-28-18(17)21-16(24)11-23-9-7-8-15(23)19(25)22(4)5/h12-13,15H,6-11H2,1-5H3,(H,21,24). The molecule has 0 radical (unpaired) electrons. The summed E-state index contributed by atoms with van der Waals surface area (Å²) in [6, 6.07) is -0.259. The number of rotatable bonds is 8. The number of carbonyl (C=O) groups is 3. The average molecular weight is 410 g/mol. The number of carbonyl (C=O) groups excluding carboxylic acids is 3. The summed E-state index contributed by atoms with van der Waals surface area (Å²) in [7, 11) is 3.46. The molecule has 1 N–H and O–H groups in total. The van der Waals surface area contributed by atoms with Crippen LogP contribution in [0.2, 0.25) is 0 Å². The number of nitrogens with zero attached hydrogens (tertiary/aromatic N) is 2. The predicted octanol–water partition coefficient (Wildman–Crippen LogP) is 2.61. The zero-order valence-corrected chi connectivity index (χ0v) is 18.2. The zero-order valence-electron chi connectivity index (χ0n) is 17.4. The second-order valence-electron chi connectivity index (χ2n) is 7.69. The number of hydrogen-bond donors (Lipinski definition) is 1. The quantitative estimate of drug-likeness (QED) is 0.668. The number of nitrogens with one attached hydrogen (secondary N) is 1. The first-order chi connectivity index (χ1) is 13.2.